The van der Waals surface area contributed by atoms with Crippen molar-refractivity contribution >= 4 is 15.6 Å². The Labute approximate surface area is 119 Å². The number of rotatable bonds is 1. The molecule has 4 N–H and O–H groups in total. The molecule has 9 nitrogen and oxygen atoms in total. The standard InChI is InChI=1S/H4NO4P.2Na.H3O4P/c1-5-6(2,3)4;;;1-5(2,3)4/h1H2,(H2,2,3,4);;;(H3,1,2,3,4)/q;2*+1;/p-2. The van der Waals surface area contributed by atoms with Crippen molar-refractivity contribution in [3.05, 3.63) is 0 Å². The molecular formula is H5NNa2O8P2. The first kappa shape index (κ1) is 24.4. The van der Waals surface area contributed by atoms with Crippen LogP contribution in [-0.4, -0.2) is 9.79 Å². The molecule has 0 spiro atoms. The SMILES string of the molecule is NOP(=O)(O)O.O=P([O-])([O-])[O-].[H+].[Na+].[Na+]. The molecule has 0 atom stereocenters. The Morgan fingerprint density at radius 1 is 1.15 bits per heavy atom. The predicted molar refractivity (Wildman–Crippen MR) is 26.0 cm³/mol. The summed E-state index contributed by atoms with van der Waals surface area (Å²) in [6.45, 7) is 0. The second kappa shape index (κ2) is 10.7. The van der Waals surface area contributed by atoms with Crippen LogP contribution in [0.5, 0.6) is 0 Å². The fourth-order valence-electron chi connectivity index (χ4n) is 0. The van der Waals surface area contributed by atoms with Gasteiger partial charge in [-0.3, -0.25) is 0 Å². The molecule has 13 heavy (non-hydrogen) atoms. The molecule has 0 heterocycles. The van der Waals surface area contributed by atoms with E-state index < -0.39 is 15.6 Å². The third-order valence-corrected chi connectivity index (χ3v) is 0.412. The van der Waals surface area contributed by atoms with E-state index in [9.17, 15) is 4.57 Å². The Hall–Kier alpha value is 2.18. The summed E-state index contributed by atoms with van der Waals surface area (Å²) in [4.78, 5) is 40.8. The maximum absolute atomic E-state index is 9.35. The van der Waals surface area contributed by atoms with Gasteiger partial charge in [0, 0.05) is 0 Å². The van der Waals surface area contributed by atoms with Crippen molar-refractivity contribution in [3.8, 4) is 0 Å². The van der Waals surface area contributed by atoms with Gasteiger partial charge in [0.15, 0.2) is 0 Å². The van der Waals surface area contributed by atoms with Crippen molar-refractivity contribution in [2.45, 2.75) is 0 Å². The van der Waals surface area contributed by atoms with Gasteiger partial charge in [-0.1, -0.05) is 0 Å². The van der Waals surface area contributed by atoms with E-state index in [1.165, 1.54) is 0 Å². The molecule has 0 aromatic carbocycles. The van der Waals surface area contributed by atoms with Gasteiger partial charge < -0.3 is 29.0 Å². The molecule has 0 aliphatic carbocycles. The number of phosphoric acid groups is 2. The Morgan fingerprint density at radius 3 is 1.23 bits per heavy atom. The molecule has 0 saturated carbocycles. The van der Waals surface area contributed by atoms with E-state index in [0.29, 0.717) is 0 Å². The maximum Gasteiger partial charge on any atom is 1.00 e. The minimum atomic E-state index is -5.39. The van der Waals surface area contributed by atoms with Gasteiger partial charge in [0.25, 0.3) is 0 Å². The maximum atomic E-state index is 9.35. The van der Waals surface area contributed by atoms with Crippen LogP contribution in [0.1, 0.15) is 1.43 Å². The summed E-state index contributed by atoms with van der Waals surface area (Å²) in [6.07, 6.45) is 0. The van der Waals surface area contributed by atoms with Crippen LogP contribution in [0.3, 0.4) is 0 Å². The molecule has 13 heteroatoms. The first-order chi connectivity index (χ1) is 4.56. The van der Waals surface area contributed by atoms with Crippen molar-refractivity contribution in [2.75, 3.05) is 0 Å². The van der Waals surface area contributed by atoms with Crippen LogP contribution >= 0.6 is 15.6 Å². The summed E-state index contributed by atoms with van der Waals surface area (Å²) in [6, 6.07) is 0. The normalized spacial score (nSPS) is 10.0. The zero-order chi connectivity index (χ0) is 9.71. The van der Waals surface area contributed by atoms with E-state index in [1.807, 2.05) is 0 Å². The van der Waals surface area contributed by atoms with Gasteiger partial charge in [0.1, 0.15) is 0 Å². The van der Waals surface area contributed by atoms with Crippen LogP contribution in [0.2, 0.25) is 0 Å². The molecule has 0 aromatic heterocycles. The second-order valence-corrected chi connectivity index (χ2v) is 3.13. The number of nitrogens with two attached hydrogens (primary N) is 1. The minimum Gasteiger partial charge on any atom is -0.822 e. The van der Waals surface area contributed by atoms with Gasteiger partial charge >= 0.3 is 68.4 Å². The van der Waals surface area contributed by atoms with Gasteiger partial charge in [-0.15, -0.1) is 0 Å². The van der Waals surface area contributed by atoms with E-state index in [-0.39, 0.29) is 60.5 Å². The number of hydrogen-bond acceptors (Lipinski definition) is 7. The Kier molecular flexibility index (Phi) is 20.1. The van der Waals surface area contributed by atoms with Gasteiger partial charge in [-0.05, 0) is 0 Å². The Bertz CT molecular complexity index is 178. The molecule has 0 fully saturated rings. The largest absolute Gasteiger partial charge is 1.00 e. The van der Waals surface area contributed by atoms with Crippen LogP contribution < -0.4 is 79.7 Å². The fraction of sp³-hybridized carbons (Fsp3) is 0. The van der Waals surface area contributed by atoms with Crippen LogP contribution in [0, 0.1) is 0 Å². The summed E-state index contributed by atoms with van der Waals surface area (Å²) in [7, 11) is -9.76. The second-order valence-electron chi connectivity index (χ2n) is 1.04. The molecule has 0 aliphatic rings. The Morgan fingerprint density at radius 2 is 1.23 bits per heavy atom. The fourth-order valence-corrected chi connectivity index (χ4v) is 0. The summed E-state index contributed by atoms with van der Waals surface area (Å²) in [5, 5.41) is 0. The summed E-state index contributed by atoms with van der Waals surface area (Å²) in [5.74, 6) is 4.04. The van der Waals surface area contributed by atoms with Crippen molar-refractivity contribution in [2.24, 2.45) is 5.90 Å². The molecule has 0 radical (unpaired) electrons. The quantitative estimate of drug-likeness (QED) is 0.233. The molecule has 0 amide bonds. The molecule has 0 rings (SSSR count). The topological polar surface area (TPSA) is 179 Å². The average molecular weight is 255 g/mol. The Balaban J connectivity index is -0.0000000321. The molecule has 0 unspecified atom stereocenters. The number of hydrogen-bond donors (Lipinski definition) is 3. The van der Waals surface area contributed by atoms with E-state index in [1.54, 1.807) is 0 Å². The third-order valence-electron chi connectivity index (χ3n) is 0.137. The van der Waals surface area contributed by atoms with Gasteiger partial charge in [0.2, 0.25) is 0 Å². The first-order valence-corrected chi connectivity index (χ1v) is 4.72. The van der Waals surface area contributed by atoms with Crippen LogP contribution in [0.4, 0.5) is 0 Å². The molecule has 0 bridgehead atoms. The molecule has 0 saturated heterocycles. The molecule has 0 aliphatic heterocycles. The first-order valence-electron chi connectivity index (χ1n) is 1.73. The zero-order valence-electron chi connectivity index (χ0n) is 7.82. The van der Waals surface area contributed by atoms with E-state index in [4.69, 9.17) is 29.0 Å². The van der Waals surface area contributed by atoms with E-state index in [0.717, 1.165) is 0 Å². The molecule has 70 valence electrons. The molecule has 0 aromatic rings. The summed E-state index contributed by atoms with van der Waals surface area (Å²) < 4.78 is 21.0. The van der Waals surface area contributed by atoms with E-state index in [2.05, 4.69) is 10.5 Å². The minimum absolute atomic E-state index is 0. The van der Waals surface area contributed by atoms with Crippen molar-refractivity contribution in [1.29, 1.82) is 0 Å². The summed E-state index contributed by atoms with van der Waals surface area (Å²) >= 11 is 0. The van der Waals surface area contributed by atoms with Crippen LogP contribution in [0.25, 0.3) is 0 Å². The smallest absolute Gasteiger partial charge is 0.822 e. The predicted octanol–water partition coefficient (Wildman–Crippen LogP) is -9.73. The zero-order valence-corrected chi connectivity index (χ0v) is 12.6. The molecular weight excluding hydrogens is 250 g/mol. The monoisotopic (exact) mass is 255 g/mol. The van der Waals surface area contributed by atoms with Gasteiger partial charge in [0.05, 0.1) is 0 Å². The summed E-state index contributed by atoms with van der Waals surface area (Å²) in [5.41, 5.74) is 0. The van der Waals surface area contributed by atoms with Gasteiger partial charge in [-0.25, -0.2) is 15.1 Å². The van der Waals surface area contributed by atoms with Crippen molar-refractivity contribution < 1.29 is 98.8 Å². The van der Waals surface area contributed by atoms with Gasteiger partial charge in [-0.2, -0.15) is 7.82 Å². The van der Waals surface area contributed by atoms with Crippen molar-refractivity contribution in [1.82, 2.24) is 0 Å². The van der Waals surface area contributed by atoms with E-state index >= 15 is 0 Å². The van der Waals surface area contributed by atoms with Crippen LogP contribution in [0.15, 0.2) is 0 Å². The van der Waals surface area contributed by atoms with Crippen LogP contribution in [-0.2, 0) is 13.8 Å². The van der Waals surface area contributed by atoms with Crippen molar-refractivity contribution in [3.63, 3.8) is 0 Å². The average Bonchev–Trinajstić information content (AvgIpc) is 1.59. The third kappa shape index (κ3) is 78.4.